The highest BCUT2D eigenvalue weighted by Crippen LogP contribution is 2.30. The van der Waals surface area contributed by atoms with Crippen LogP contribution in [0.3, 0.4) is 0 Å². The van der Waals surface area contributed by atoms with E-state index in [1.807, 2.05) is 11.0 Å². The summed E-state index contributed by atoms with van der Waals surface area (Å²) in [6.45, 7) is 2.55. The van der Waals surface area contributed by atoms with Gasteiger partial charge in [-0.2, -0.15) is 13.2 Å². The molecule has 10 heteroatoms. The molecule has 0 saturated carbocycles. The van der Waals surface area contributed by atoms with E-state index in [0.29, 0.717) is 54.8 Å². The highest BCUT2D eigenvalue weighted by molar-refractivity contribution is 9.10. The normalized spacial score (nSPS) is 14.9. The molecule has 180 valence electrons. The van der Waals surface area contributed by atoms with Gasteiger partial charge < -0.3 is 14.1 Å². The maximum atomic E-state index is 12.9. The van der Waals surface area contributed by atoms with Crippen LogP contribution in [0.1, 0.15) is 27.4 Å². The number of hydrogen-bond donors (Lipinski definition) is 0. The highest BCUT2D eigenvalue weighted by atomic mass is 79.9. The second kappa shape index (κ2) is 10.4. The number of amides is 1. The van der Waals surface area contributed by atoms with E-state index in [4.69, 9.17) is 20.8 Å². The second-order valence-electron chi connectivity index (χ2n) is 7.90. The number of piperazine rings is 1. The SMILES string of the molecule is O=C(c1ccc(COc2ccc(Br)cc2Cl)o1)N1CCN(Cc2cccc(C(F)(F)F)c2)CC1. The Morgan fingerprint density at radius 2 is 1.82 bits per heavy atom. The number of alkyl halides is 3. The number of carbonyl (C=O) groups is 1. The van der Waals surface area contributed by atoms with Crippen LogP contribution in [0.25, 0.3) is 0 Å². The average molecular weight is 558 g/mol. The van der Waals surface area contributed by atoms with Gasteiger partial charge in [0, 0.05) is 37.2 Å². The summed E-state index contributed by atoms with van der Waals surface area (Å²) >= 11 is 9.48. The molecule has 0 aliphatic carbocycles. The summed E-state index contributed by atoms with van der Waals surface area (Å²) in [6.07, 6.45) is -4.36. The van der Waals surface area contributed by atoms with Crippen LogP contribution in [0, 0.1) is 0 Å². The van der Waals surface area contributed by atoms with Crippen LogP contribution in [0.5, 0.6) is 5.75 Å². The molecule has 4 rings (SSSR count). The third-order valence-corrected chi connectivity index (χ3v) is 6.24. The zero-order valence-corrected chi connectivity index (χ0v) is 20.3. The first-order valence-corrected chi connectivity index (χ1v) is 11.7. The molecule has 1 fully saturated rings. The second-order valence-corrected chi connectivity index (χ2v) is 9.22. The number of nitrogens with zero attached hydrogens (tertiary/aromatic N) is 2. The van der Waals surface area contributed by atoms with Gasteiger partial charge in [0.1, 0.15) is 18.1 Å². The van der Waals surface area contributed by atoms with Gasteiger partial charge in [0.25, 0.3) is 5.91 Å². The van der Waals surface area contributed by atoms with Gasteiger partial charge in [-0.15, -0.1) is 0 Å². The fourth-order valence-electron chi connectivity index (χ4n) is 3.68. The Balaban J connectivity index is 1.29. The van der Waals surface area contributed by atoms with Crippen LogP contribution in [0.4, 0.5) is 13.2 Å². The highest BCUT2D eigenvalue weighted by Gasteiger charge is 2.31. The number of carbonyl (C=O) groups excluding carboxylic acids is 1. The first kappa shape index (κ1) is 24.6. The summed E-state index contributed by atoms with van der Waals surface area (Å²) in [5.74, 6) is 0.982. The van der Waals surface area contributed by atoms with E-state index >= 15 is 0 Å². The van der Waals surface area contributed by atoms with E-state index in [1.165, 1.54) is 12.1 Å². The zero-order valence-electron chi connectivity index (χ0n) is 17.9. The van der Waals surface area contributed by atoms with Gasteiger partial charge in [-0.1, -0.05) is 45.7 Å². The van der Waals surface area contributed by atoms with E-state index in [1.54, 1.807) is 35.2 Å². The third-order valence-electron chi connectivity index (χ3n) is 5.46. The van der Waals surface area contributed by atoms with Crippen molar-refractivity contribution in [3.63, 3.8) is 0 Å². The van der Waals surface area contributed by atoms with Gasteiger partial charge in [0.05, 0.1) is 10.6 Å². The van der Waals surface area contributed by atoms with Crippen molar-refractivity contribution in [1.82, 2.24) is 9.80 Å². The van der Waals surface area contributed by atoms with E-state index in [2.05, 4.69) is 15.9 Å². The molecule has 0 bridgehead atoms. The summed E-state index contributed by atoms with van der Waals surface area (Å²) in [4.78, 5) is 16.5. The van der Waals surface area contributed by atoms with Gasteiger partial charge in [-0.25, -0.2) is 0 Å². The van der Waals surface area contributed by atoms with Crippen molar-refractivity contribution in [3.05, 3.63) is 86.7 Å². The number of halogens is 5. The van der Waals surface area contributed by atoms with Crippen LogP contribution < -0.4 is 4.74 Å². The van der Waals surface area contributed by atoms with Gasteiger partial charge in [-0.05, 0) is 42.0 Å². The fraction of sp³-hybridized carbons (Fsp3) is 0.292. The van der Waals surface area contributed by atoms with E-state index in [0.717, 1.165) is 10.5 Å². The first-order valence-electron chi connectivity index (χ1n) is 10.5. The van der Waals surface area contributed by atoms with Crippen LogP contribution in [0.2, 0.25) is 5.02 Å². The lowest BCUT2D eigenvalue weighted by atomic mass is 10.1. The van der Waals surface area contributed by atoms with Gasteiger partial charge in [0.2, 0.25) is 0 Å². The Morgan fingerprint density at radius 1 is 1.06 bits per heavy atom. The average Bonchev–Trinajstić information content (AvgIpc) is 3.27. The van der Waals surface area contributed by atoms with E-state index in [-0.39, 0.29) is 18.3 Å². The largest absolute Gasteiger partial charge is 0.484 e. The molecule has 0 atom stereocenters. The zero-order chi connectivity index (χ0) is 24.3. The van der Waals surface area contributed by atoms with Crippen LogP contribution in [-0.2, 0) is 19.3 Å². The summed E-state index contributed by atoms with van der Waals surface area (Å²) in [7, 11) is 0. The summed E-state index contributed by atoms with van der Waals surface area (Å²) < 4.78 is 51.0. The molecule has 1 aromatic heterocycles. The van der Waals surface area contributed by atoms with E-state index in [9.17, 15) is 18.0 Å². The molecule has 2 heterocycles. The maximum absolute atomic E-state index is 12.9. The lowest BCUT2D eigenvalue weighted by molar-refractivity contribution is -0.137. The van der Waals surface area contributed by atoms with Crippen molar-refractivity contribution in [2.75, 3.05) is 26.2 Å². The van der Waals surface area contributed by atoms with Crippen molar-refractivity contribution in [2.45, 2.75) is 19.3 Å². The summed E-state index contributed by atoms with van der Waals surface area (Å²) in [5.41, 5.74) is -0.0602. The molecule has 0 radical (unpaired) electrons. The van der Waals surface area contributed by atoms with Crippen molar-refractivity contribution in [1.29, 1.82) is 0 Å². The lowest BCUT2D eigenvalue weighted by Gasteiger charge is -2.34. The Kier molecular flexibility index (Phi) is 7.54. The van der Waals surface area contributed by atoms with Gasteiger partial charge >= 0.3 is 6.18 Å². The molecule has 5 nitrogen and oxygen atoms in total. The Hall–Kier alpha value is -2.49. The molecule has 0 spiro atoms. The standard InChI is InChI=1S/C24H21BrClF3N2O3/c25-18-4-6-21(20(26)13-18)33-15-19-5-7-22(34-19)23(32)31-10-8-30(9-11-31)14-16-2-1-3-17(12-16)24(27,28)29/h1-7,12-13H,8-11,14-15H2. The molecule has 1 saturated heterocycles. The van der Waals surface area contributed by atoms with Crippen molar-refractivity contribution in [3.8, 4) is 5.75 Å². The molecule has 1 aliphatic rings. The predicted octanol–water partition coefficient (Wildman–Crippen LogP) is 6.25. The van der Waals surface area contributed by atoms with Gasteiger partial charge in [0.15, 0.2) is 5.76 Å². The van der Waals surface area contributed by atoms with Crippen LogP contribution in [-0.4, -0.2) is 41.9 Å². The fourth-order valence-corrected chi connectivity index (χ4v) is 4.41. The molecular weight excluding hydrogens is 537 g/mol. The topological polar surface area (TPSA) is 45.9 Å². The molecule has 1 amide bonds. The van der Waals surface area contributed by atoms with E-state index < -0.39 is 11.7 Å². The number of benzene rings is 2. The van der Waals surface area contributed by atoms with Crippen LogP contribution >= 0.6 is 27.5 Å². The molecule has 0 unspecified atom stereocenters. The lowest BCUT2D eigenvalue weighted by Crippen LogP contribution is -2.48. The molecule has 0 N–H and O–H groups in total. The smallest absolute Gasteiger partial charge is 0.416 e. The minimum absolute atomic E-state index is 0.124. The maximum Gasteiger partial charge on any atom is 0.416 e. The summed E-state index contributed by atoms with van der Waals surface area (Å²) in [5, 5.41) is 0.459. The molecule has 34 heavy (non-hydrogen) atoms. The Morgan fingerprint density at radius 3 is 2.53 bits per heavy atom. The molecule has 1 aliphatic heterocycles. The van der Waals surface area contributed by atoms with Gasteiger partial charge in [-0.3, -0.25) is 9.69 Å². The number of ether oxygens (including phenoxy) is 1. The molecule has 2 aromatic carbocycles. The number of hydrogen-bond acceptors (Lipinski definition) is 4. The van der Waals surface area contributed by atoms with Crippen molar-refractivity contribution < 1.29 is 27.1 Å². The molecular formula is C24H21BrClF3N2O3. The quantitative estimate of drug-likeness (QED) is 0.359. The number of furan rings is 1. The predicted molar refractivity (Wildman–Crippen MR) is 125 cm³/mol. The third kappa shape index (κ3) is 6.14. The Labute approximate surface area is 208 Å². The van der Waals surface area contributed by atoms with Crippen LogP contribution in [0.15, 0.2) is 63.5 Å². The summed E-state index contributed by atoms with van der Waals surface area (Å²) in [6, 6.07) is 13.9. The monoisotopic (exact) mass is 556 g/mol. The number of rotatable bonds is 6. The minimum atomic E-state index is -4.36. The Bertz CT molecular complexity index is 1160. The van der Waals surface area contributed by atoms with Crippen molar-refractivity contribution >= 4 is 33.4 Å². The minimum Gasteiger partial charge on any atom is -0.484 e. The first-order chi connectivity index (χ1) is 16.2. The van der Waals surface area contributed by atoms with Crippen molar-refractivity contribution in [2.24, 2.45) is 0 Å². The molecule has 3 aromatic rings.